The van der Waals surface area contributed by atoms with E-state index in [0.717, 1.165) is 5.96 Å². The van der Waals surface area contributed by atoms with Crippen molar-refractivity contribution in [1.29, 1.82) is 0 Å². The summed E-state index contributed by atoms with van der Waals surface area (Å²) in [6.45, 7) is 23.4. The predicted molar refractivity (Wildman–Crippen MR) is 186 cm³/mol. The molecule has 8 rings (SSSR count). The van der Waals surface area contributed by atoms with Crippen molar-refractivity contribution in [3.8, 4) is 16.8 Å². The van der Waals surface area contributed by atoms with Gasteiger partial charge in [0.2, 0.25) is 5.96 Å². The van der Waals surface area contributed by atoms with Crippen LogP contribution in [0, 0.1) is 0 Å². The van der Waals surface area contributed by atoms with Crippen molar-refractivity contribution >= 4 is 33.5 Å². The Hall–Kier alpha value is -4.05. The standard InChI is InChI=1S/C40H44N4/c1-36(2)31-17-13-11-15-27(31)29-24-34-30(23-32(29)36)28-16-12-14-18-33(28)42(34)25-19-21-26(22-20-25)43-35-41-37(3,4)38(5,6)44(35)40(9,10)39(43,7)8/h11-24H,1-10H3. The summed E-state index contributed by atoms with van der Waals surface area (Å²) < 4.78 is 2.45. The third-order valence-corrected chi connectivity index (χ3v) is 12.2. The highest BCUT2D eigenvalue weighted by Gasteiger charge is 2.65. The molecule has 5 aromatic rings. The fourth-order valence-corrected chi connectivity index (χ4v) is 8.49. The van der Waals surface area contributed by atoms with Gasteiger partial charge in [0, 0.05) is 27.6 Å². The van der Waals surface area contributed by atoms with Crippen molar-refractivity contribution in [2.75, 3.05) is 4.90 Å². The van der Waals surface area contributed by atoms with Crippen molar-refractivity contribution < 1.29 is 0 Å². The van der Waals surface area contributed by atoms with E-state index in [1.54, 1.807) is 0 Å². The summed E-state index contributed by atoms with van der Waals surface area (Å²) in [4.78, 5) is 10.4. The number of para-hydroxylation sites is 1. The maximum Gasteiger partial charge on any atom is 0.203 e. The Labute approximate surface area is 262 Å². The molecule has 1 aromatic heterocycles. The summed E-state index contributed by atoms with van der Waals surface area (Å²) in [5.41, 5.74) is 9.79. The van der Waals surface area contributed by atoms with Crippen molar-refractivity contribution in [2.45, 2.75) is 96.8 Å². The van der Waals surface area contributed by atoms with Crippen LogP contribution in [0.2, 0.25) is 0 Å². The van der Waals surface area contributed by atoms with Crippen molar-refractivity contribution in [3.63, 3.8) is 0 Å². The van der Waals surface area contributed by atoms with Crippen LogP contribution in [-0.2, 0) is 5.41 Å². The molecule has 224 valence electrons. The van der Waals surface area contributed by atoms with Crippen molar-refractivity contribution in [1.82, 2.24) is 9.47 Å². The second kappa shape index (κ2) is 8.15. The molecule has 2 aliphatic heterocycles. The first-order valence-corrected chi connectivity index (χ1v) is 16.1. The number of anilines is 1. The van der Waals surface area contributed by atoms with Gasteiger partial charge in [-0.15, -0.1) is 0 Å². The number of hydrogen-bond donors (Lipinski definition) is 0. The number of aromatic nitrogens is 1. The SMILES string of the molecule is CC1(C)c2ccccc2-c2cc3c(cc21)c1ccccc1n3-c1ccc(N2C3=NC(C)(C)C(C)(C)N3C(C)(C)C2(C)C)cc1. The second-order valence-electron chi connectivity index (χ2n) is 15.8. The normalized spacial score (nSPS) is 21.5. The fraction of sp³-hybridized carbons (Fsp3) is 0.375. The molecule has 4 heteroatoms. The molecule has 0 amide bonds. The summed E-state index contributed by atoms with van der Waals surface area (Å²) in [5.74, 6) is 1.08. The van der Waals surface area contributed by atoms with Gasteiger partial charge in [-0.2, -0.15) is 0 Å². The lowest BCUT2D eigenvalue weighted by molar-refractivity contribution is 0.0529. The van der Waals surface area contributed by atoms with Crippen LogP contribution in [0.5, 0.6) is 0 Å². The van der Waals surface area contributed by atoms with Crippen LogP contribution in [0.15, 0.2) is 89.9 Å². The highest BCUT2D eigenvalue weighted by atomic mass is 15.6. The summed E-state index contributed by atoms with van der Waals surface area (Å²) in [5, 5.41) is 2.61. The summed E-state index contributed by atoms with van der Waals surface area (Å²) in [6.07, 6.45) is 0. The summed E-state index contributed by atoms with van der Waals surface area (Å²) in [6, 6.07) is 31.9. The Morgan fingerprint density at radius 2 is 1.16 bits per heavy atom. The maximum absolute atomic E-state index is 5.37. The minimum absolute atomic E-state index is 0.0265. The lowest BCUT2D eigenvalue weighted by Crippen LogP contribution is -2.62. The number of fused-ring (bicyclic) bond motifs is 7. The van der Waals surface area contributed by atoms with E-state index in [1.807, 2.05) is 0 Å². The van der Waals surface area contributed by atoms with E-state index in [0.29, 0.717) is 0 Å². The van der Waals surface area contributed by atoms with Crippen LogP contribution in [0.4, 0.5) is 5.69 Å². The van der Waals surface area contributed by atoms with E-state index < -0.39 is 0 Å². The molecule has 0 unspecified atom stereocenters. The molecular weight excluding hydrogens is 536 g/mol. The molecule has 44 heavy (non-hydrogen) atoms. The monoisotopic (exact) mass is 580 g/mol. The molecule has 1 aliphatic carbocycles. The molecule has 0 bridgehead atoms. The van der Waals surface area contributed by atoms with Crippen molar-refractivity contribution in [2.24, 2.45) is 4.99 Å². The van der Waals surface area contributed by atoms with Crippen LogP contribution in [0.1, 0.15) is 80.4 Å². The zero-order valence-electron chi connectivity index (χ0n) is 27.9. The summed E-state index contributed by atoms with van der Waals surface area (Å²) in [7, 11) is 0. The van der Waals surface area contributed by atoms with Gasteiger partial charge in [-0.1, -0.05) is 56.3 Å². The van der Waals surface area contributed by atoms with Gasteiger partial charge < -0.3 is 14.4 Å². The molecule has 0 spiro atoms. The van der Waals surface area contributed by atoms with Crippen LogP contribution in [0.3, 0.4) is 0 Å². The number of nitrogens with zero attached hydrogens (tertiary/aromatic N) is 4. The molecule has 0 atom stereocenters. The van der Waals surface area contributed by atoms with E-state index in [-0.39, 0.29) is 27.6 Å². The average Bonchev–Trinajstić information content (AvgIpc) is 3.52. The zero-order valence-corrected chi connectivity index (χ0v) is 27.9. The first-order valence-electron chi connectivity index (χ1n) is 16.1. The fourth-order valence-electron chi connectivity index (χ4n) is 8.49. The molecule has 0 N–H and O–H groups in total. The van der Waals surface area contributed by atoms with E-state index in [2.05, 4.69) is 169 Å². The van der Waals surface area contributed by atoms with E-state index in [9.17, 15) is 0 Å². The van der Waals surface area contributed by atoms with Crippen LogP contribution >= 0.6 is 0 Å². The van der Waals surface area contributed by atoms with Gasteiger partial charge in [-0.25, -0.2) is 4.99 Å². The largest absolute Gasteiger partial charge is 0.327 e. The molecule has 4 aromatic carbocycles. The lowest BCUT2D eigenvalue weighted by atomic mass is 9.76. The molecule has 1 fully saturated rings. The average molecular weight is 581 g/mol. The number of guanidine groups is 1. The highest BCUT2D eigenvalue weighted by Crippen LogP contribution is 2.54. The Kier molecular flexibility index (Phi) is 5.09. The summed E-state index contributed by atoms with van der Waals surface area (Å²) >= 11 is 0. The van der Waals surface area contributed by atoms with E-state index in [1.165, 1.54) is 55.4 Å². The quantitative estimate of drug-likeness (QED) is 0.208. The second-order valence-corrected chi connectivity index (χ2v) is 15.8. The first-order chi connectivity index (χ1) is 20.6. The number of rotatable bonds is 2. The number of aliphatic imine (C=N–C) groups is 1. The van der Waals surface area contributed by atoms with Gasteiger partial charge in [0.15, 0.2) is 0 Å². The van der Waals surface area contributed by atoms with Crippen molar-refractivity contribution in [3.05, 3.63) is 96.1 Å². The van der Waals surface area contributed by atoms with Crippen LogP contribution < -0.4 is 4.90 Å². The Balaban J connectivity index is 1.30. The Morgan fingerprint density at radius 3 is 1.89 bits per heavy atom. The molecule has 0 radical (unpaired) electrons. The smallest absolute Gasteiger partial charge is 0.203 e. The Bertz CT molecular complexity index is 2050. The molecule has 4 nitrogen and oxygen atoms in total. The third kappa shape index (κ3) is 3.12. The van der Waals surface area contributed by atoms with Gasteiger partial charge >= 0.3 is 0 Å². The molecule has 3 aliphatic rings. The molecule has 3 heterocycles. The van der Waals surface area contributed by atoms with Gasteiger partial charge in [0.05, 0.1) is 33.2 Å². The first kappa shape index (κ1) is 27.5. The van der Waals surface area contributed by atoms with Crippen LogP contribution in [0.25, 0.3) is 38.6 Å². The van der Waals surface area contributed by atoms with E-state index >= 15 is 0 Å². The molecule has 1 saturated heterocycles. The minimum Gasteiger partial charge on any atom is -0.327 e. The van der Waals surface area contributed by atoms with E-state index in [4.69, 9.17) is 4.99 Å². The van der Waals surface area contributed by atoms with Crippen LogP contribution in [-0.4, -0.2) is 37.6 Å². The van der Waals surface area contributed by atoms with Gasteiger partial charge in [0.25, 0.3) is 0 Å². The number of benzene rings is 4. The Morgan fingerprint density at radius 1 is 0.523 bits per heavy atom. The lowest BCUT2D eigenvalue weighted by Gasteiger charge is -2.50. The van der Waals surface area contributed by atoms with Gasteiger partial charge in [0.1, 0.15) is 0 Å². The van der Waals surface area contributed by atoms with Gasteiger partial charge in [-0.05, 0) is 120 Å². The highest BCUT2D eigenvalue weighted by molar-refractivity contribution is 6.11. The maximum atomic E-state index is 5.37. The molecule has 0 saturated carbocycles. The topological polar surface area (TPSA) is 23.8 Å². The predicted octanol–water partition coefficient (Wildman–Crippen LogP) is 9.70. The third-order valence-electron chi connectivity index (χ3n) is 12.2. The number of hydrogen-bond acceptors (Lipinski definition) is 3. The zero-order chi connectivity index (χ0) is 31.2. The van der Waals surface area contributed by atoms with Gasteiger partial charge in [-0.3, -0.25) is 0 Å². The molecular formula is C40H44N4. The minimum atomic E-state index is -0.190.